The Bertz CT molecular complexity index is 449. The van der Waals surface area contributed by atoms with E-state index in [0.29, 0.717) is 12.2 Å². The van der Waals surface area contributed by atoms with Gasteiger partial charge < -0.3 is 4.74 Å². The Morgan fingerprint density at radius 1 is 0.875 bits per heavy atom. The number of carbonyl (C=O) groups excluding carboxylic acids is 1. The third kappa shape index (κ3) is 2.70. The molecule has 2 heteroatoms. The number of benzene rings is 2. The fourth-order valence-corrected chi connectivity index (χ4v) is 1.38. The van der Waals surface area contributed by atoms with Gasteiger partial charge in [-0.15, -0.1) is 0 Å². The van der Waals surface area contributed by atoms with Crippen LogP contribution in [0.2, 0.25) is 0 Å². The normalized spacial score (nSPS) is 9.75. The van der Waals surface area contributed by atoms with Crippen LogP contribution in [0.3, 0.4) is 0 Å². The molecule has 16 heavy (non-hydrogen) atoms. The van der Waals surface area contributed by atoms with Crippen molar-refractivity contribution in [3.63, 3.8) is 0 Å². The van der Waals surface area contributed by atoms with Crippen LogP contribution >= 0.6 is 0 Å². The van der Waals surface area contributed by atoms with Crippen LogP contribution in [0.5, 0.6) is 0 Å². The minimum Gasteiger partial charge on any atom is -0.457 e. The van der Waals surface area contributed by atoms with Crippen molar-refractivity contribution in [2.45, 2.75) is 6.61 Å². The number of esters is 1. The highest BCUT2D eigenvalue weighted by molar-refractivity contribution is 5.89. The monoisotopic (exact) mass is 220 g/mol. The van der Waals surface area contributed by atoms with Gasteiger partial charge in [-0.25, -0.2) is 4.79 Å². The van der Waals surface area contributed by atoms with E-state index in [1.54, 1.807) is 12.1 Å². The zero-order valence-corrected chi connectivity index (χ0v) is 8.80. The molecular formula is C14H12O2. The Morgan fingerprint density at radius 2 is 1.44 bits per heavy atom. The second kappa shape index (κ2) is 5.12. The van der Waals surface area contributed by atoms with Crippen molar-refractivity contribution in [3.8, 4) is 0 Å². The molecule has 0 bridgehead atoms. The molecule has 2 rings (SSSR count). The van der Waals surface area contributed by atoms with Gasteiger partial charge in [0, 0.05) is 0 Å². The molecule has 0 radical (unpaired) electrons. The second-order valence-corrected chi connectivity index (χ2v) is 3.43. The lowest BCUT2D eigenvalue weighted by Gasteiger charge is -2.04. The summed E-state index contributed by atoms with van der Waals surface area (Å²) in [5, 5.41) is 0. The zero-order chi connectivity index (χ0) is 11.2. The molecule has 0 heterocycles. The number of ether oxygens (including phenoxy) is 1. The third-order valence-electron chi connectivity index (χ3n) is 2.22. The van der Waals surface area contributed by atoms with Gasteiger partial charge in [0.05, 0.1) is 5.56 Å². The molecule has 0 aliphatic rings. The van der Waals surface area contributed by atoms with E-state index >= 15 is 0 Å². The van der Waals surface area contributed by atoms with E-state index in [1.807, 2.05) is 48.5 Å². The Hall–Kier alpha value is -2.09. The highest BCUT2D eigenvalue weighted by Gasteiger charge is 2.05. The van der Waals surface area contributed by atoms with E-state index in [4.69, 9.17) is 4.74 Å². The van der Waals surface area contributed by atoms with Gasteiger partial charge in [-0.1, -0.05) is 48.5 Å². The molecule has 2 aromatic carbocycles. The Morgan fingerprint density at radius 3 is 2.06 bits per heavy atom. The zero-order valence-electron chi connectivity index (χ0n) is 8.80. The van der Waals surface area contributed by atoms with Crippen molar-refractivity contribution < 1.29 is 9.53 Å². The first-order chi connectivity index (χ1) is 7.86. The SMILES string of the molecule is O=C(O[20CH2]c1ccccc1)c1ccccc1. The van der Waals surface area contributed by atoms with Crippen LogP contribution in [0.1, 0.15) is 15.9 Å². The summed E-state index contributed by atoms with van der Waals surface area (Å²) in [4.78, 5) is 11.6. The molecule has 2 nitrogen and oxygen atoms in total. The van der Waals surface area contributed by atoms with Gasteiger partial charge in [-0.2, -0.15) is 0 Å². The summed E-state index contributed by atoms with van der Waals surface area (Å²) in [6, 6.07) is 18.6. The van der Waals surface area contributed by atoms with Crippen LogP contribution < -0.4 is 0 Å². The summed E-state index contributed by atoms with van der Waals surface area (Å²) in [5.74, 6) is -0.288. The van der Waals surface area contributed by atoms with Crippen LogP contribution in [0, 0.1) is 0 Å². The summed E-state index contributed by atoms with van der Waals surface area (Å²) >= 11 is 0. The average Bonchev–Trinajstić information content (AvgIpc) is 2.38. The number of hydrogen-bond acceptors (Lipinski definition) is 2. The van der Waals surface area contributed by atoms with Crippen molar-refractivity contribution in [2.24, 2.45) is 0 Å². The first-order valence-electron chi connectivity index (χ1n) is 5.12. The van der Waals surface area contributed by atoms with Crippen molar-refractivity contribution in [3.05, 3.63) is 71.8 Å². The first-order valence-corrected chi connectivity index (χ1v) is 5.12. The van der Waals surface area contributed by atoms with Crippen LogP contribution in [-0.2, 0) is 11.3 Å². The summed E-state index contributed by atoms with van der Waals surface area (Å²) in [6.45, 7) is 0.314. The largest absolute Gasteiger partial charge is 0.457 e. The van der Waals surface area contributed by atoms with Crippen molar-refractivity contribution in [1.82, 2.24) is 0 Å². The molecule has 0 amide bonds. The smallest absolute Gasteiger partial charge is 0.338 e. The van der Waals surface area contributed by atoms with Gasteiger partial charge >= 0.3 is 5.97 Å². The average molecular weight is 220 g/mol. The quantitative estimate of drug-likeness (QED) is 0.743. The maximum absolute atomic E-state index is 11.6. The van der Waals surface area contributed by atoms with Crippen LogP contribution in [0.4, 0.5) is 0 Å². The molecule has 0 unspecified atom stereocenters. The van der Waals surface area contributed by atoms with Gasteiger partial charge in [0.15, 0.2) is 0 Å². The maximum atomic E-state index is 11.6. The lowest BCUT2D eigenvalue weighted by Crippen LogP contribution is -2.04. The number of rotatable bonds is 3. The van der Waals surface area contributed by atoms with Gasteiger partial charge in [0.2, 0.25) is 0 Å². The fraction of sp³-hybridized carbons (Fsp3) is 0.0714. The van der Waals surface area contributed by atoms with Gasteiger partial charge in [0.25, 0.3) is 0 Å². The second-order valence-electron chi connectivity index (χ2n) is 3.43. The van der Waals surface area contributed by atoms with Gasteiger partial charge in [-0.3, -0.25) is 0 Å². The molecule has 80 valence electrons. The van der Waals surface area contributed by atoms with Crippen LogP contribution in [0.15, 0.2) is 60.7 Å². The molecule has 0 N–H and O–H groups in total. The van der Waals surface area contributed by atoms with Gasteiger partial charge in [0.1, 0.15) is 6.61 Å². The summed E-state index contributed by atoms with van der Waals surface area (Å²) in [5.41, 5.74) is 1.57. The molecule has 0 aliphatic carbocycles. The highest BCUT2D eigenvalue weighted by atomic mass is 20.4. The van der Waals surface area contributed by atoms with Crippen molar-refractivity contribution in [2.75, 3.05) is 0 Å². The molecule has 0 saturated carbocycles. The fourth-order valence-electron chi connectivity index (χ4n) is 1.38. The molecule has 0 spiro atoms. The predicted octanol–water partition coefficient (Wildman–Crippen LogP) is 3.04. The molecule has 0 fully saturated rings. The maximum Gasteiger partial charge on any atom is 0.338 e. The van der Waals surface area contributed by atoms with E-state index < -0.39 is 0 Å². The molecule has 0 saturated heterocycles. The Balaban J connectivity index is 1.95. The van der Waals surface area contributed by atoms with E-state index in [9.17, 15) is 4.79 Å². The molecule has 0 atom stereocenters. The van der Waals surface area contributed by atoms with Crippen LogP contribution in [-0.4, -0.2) is 5.97 Å². The van der Waals surface area contributed by atoms with E-state index in [2.05, 4.69) is 0 Å². The summed E-state index contributed by atoms with van der Waals surface area (Å²) in [7, 11) is 0. The molecule has 2 aromatic rings. The standard InChI is InChI=1S/C14H12O2/c15-14(13-9-5-2-6-10-13)16-11-12-7-3-1-4-8-12/h1-10H,11H2/i11+8. The Labute approximate surface area is 94.5 Å². The van der Waals surface area contributed by atoms with E-state index in [1.165, 1.54) is 0 Å². The van der Waals surface area contributed by atoms with E-state index in [-0.39, 0.29) is 5.97 Å². The minimum absolute atomic E-state index is 0.288. The van der Waals surface area contributed by atoms with Crippen molar-refractivity contribution in [1.29, 1.82) is 0 Å². The lowest BCUT2D eigenvalue weighted by atomic mass is 10.2. The van der Waals surface area contributed by atoms with Crippen molar-refractivity contribution >= 4 is 5.97 Å². The van der Waals surface area contributed by atoms with Gasteiger partial charge in [-0.05, 0) is 17.7 Å². The molecule has 0 aromatic heterocycles. The molecule has 0 aliphatic heterocycles. The lowest BCUT2D eigenvalue weighted by molar-refractivity contribution is 0.0472. The van der Waals surface area contributed by atoms with Crippen LogP contribution in [0.25, 0.3) is 0 Å². The Kier molecular flexibility index (Phi) is 3.34. The number of hydrogen-bond donors (Lipinski definition) is 0. The first kappa shape index (κ1) is 10.4. The minimum atomic E-state index is -0.288. The highest BCUT2D eigenvalue weighted by Crippen LogP contribution is 2.05. The summed E-state index contributed by atoms with van der Waals surface area (Å²) < 4.78 is 5.18. The van der Waals surface area contributed by atoms with E-state index in [0.717, 1.165) is 5.56 Å². The summed E-state index contributed by atoms with van der Waals surface area (Å²) in [6.07, 6.45) is 0. The topological polar surface area (TPSA) is 26.3 Å². The predicted molar refractivity (Wildman–Crippen MR) is 62.0 cm³/mol. The number of carbonyl (C=O) groups is 1. The third-order valence-corrected chi connectivity index (χ3v) is 2.22. The molecular weight excluding hydrogens is 208 g/mol.